The van der Waals surface area contributed by atoms with Crippen molar-refractivity contribution in [3.63, 3.8) is 0 Å². The zero-order valence-electron chi connectivity index (χ0n) is 12.1. The van der Waals surface area contributed by atoms with Crippen LogP contribution >= 0.6 is 0 Å². The summed E-state index contributed by atoms with van der Waals surface area (Å²) in [6, 6.07) is 4.59. The van der Waals surface area contributed by atoms with Crippen molar-refractivity contribution in [3.05, 3.63) is 53.3 Å². The van der Waals surface area contributed by atoms with Crippen LogP contribution in [-0.2, 0) is 15.3 Å². The first kappa shape index (κ1) is 15.0. The highest BCUT2D eigenvalue weighted by Gasteiger charge is 2.47. The Morgan fingerprint density at radius 1 is 1.35 bits per heavy atom. The second kappa shape index (κ2) is 5.05. The van der Waals surface area contributed by atoms with E-state index in [2.05, 4.69) is 10.2 Å². The summed E-state index contributed by atoms with van der Waals surface area (Å²) in [6.07, 6.45) is 3.63. The molecule has 2 unspecified atom stereocenters. The number of carboxylic acids is 2. The van der Waals surface area contributed by atoms with Crippen molar-refractivity contribution in [1.82, 2.24) is 10.2 Å². The minimum Gasteiger partial charge on any atom is -0.481 e. The quantitative estimate of drug-likeness (QED) is 0.806. The van der Waals surface area contributed by atoms with Gasteiger partial charge in [-0.3, -0.25) is 9.89 Å². The standard InChI is InChI=1S/C16H13FN2O4/c1-8-11(14(20)21)4-5-16(17,13(8)15(22)23)10-2-3-12-9(6-10)7-18-19-12/h2-7,13H,1H3,(H,18,19)(H,20,21)(H,22,23). The van der Waals surface area contributed by atoms with E-state index in [1.807, 2.05) is 0 Å². The van der Waals surface area contributed by atoms with Crippen molar-refractivity contribution < 1.29 is 24.2 Å². The molecule has 0 aliphatic heterocycles. The van der Waals surface area contributed by atoms with E-state index in [9.17, 15) is 14.7 Å². The fourth-order valence-electron chi connectivity index (χ4n) is 2.95. The highest BCUT2D eigenvalue weighted by Crippen LogP contribution is 2.44. The van der Waals surface area contributed by atoms with Gasteiger partial charge < -0.3 is 10.2 Å². The number of allylic oxidation sites excluding steroid dienone is 1. The number of benzene rings is 1. The van der Waals surface area contributed by atoms with Gasteiger partial charge in [0.1, 0.15) is 5.92 Å². The number of halogens is 1. The van der Waals surface area contributed by atoms with Gasteiger partial charge in [0.25, 0.3) is 0 Å². The van der Waals surface area contributed by atoms with Crippen molar-refractivity contribution in [2.24, 2.45) is 5.92 Å². The molecule has 23 heavy (non-hydrogen) atoms. The highest BCUT2D eigenvalue weighted by atomic mass is 19.1. The molecule has 3 rings (SSSR count). The van der Waals surface area contributed by atoms with Crippen molar-refractivity contribution >= 4 is 22.8 Å². The largest absolute Gasteiger partial charge is 0.481 e. The number of aliphatic carboxylic acids is 2. The molecule has 1 aromatic heterocycles. The second-order valence-electron chi connectivity index (χ2n) is 5.45. The summed E-state index contributed by atoms with van der Waals surface area (Å²) in [5, 5.41) is 25.8. The molecule has 0 bridgehead atoms. The van der Waals surface area contributed by atoms with Crippen molar-refractivity contribution in [2.45, 2.75) is 12.6 Å². The third-order valence-corrected chi connectivity index (χ3v) is 4.13. The van der Waals surface area contributed by atoms with Crippen LogP contribution in [0.3, 0.4) is 0 Å². The summed E-state index contributed by atoms with van der Waals surface area (Å²) >= 11 is 0. The van der Waals surface area contributed by atoms with Gasteiger partial charge in [0.05, 0.1) is 17.3 Å². The Labute approximate surface area is 129 Å². The molecule has 2 aromatic rings. The van der Waals surface area contributed by atoms with Crippen LogP contribution in [0.2, 0.25) is 0 Å². The van der Waals surface area contributed by atoms with Gasteiger partial charge in [0, 0.05) is 5.39 Å². The summed E-state index contributed by atoms with van der Waals surface area (Å²) < 4.78 is 15.6. The number of H-pyrrole nitrogens is 1. The third-order valence-electron chi connectivity index (χ3n) is 4.13. The van der Waals surface area contributed by atoms with Gasteiger partial charge in [-0.25, -0.2) is 9.18 Å². The smallest absolute Gasteiger partial charge is 0.335 e. The fraction of sp³-hybridized carbons (Fsp3) is 0.188. The average Bonchev–Trinajstić information content (AvgIpc) is 2.93. The summed E-state index contributed by atoms with van der Waals surface area (Å²) in [4.78, 5) is 22.8. The van der Waals surface area contributed by atoms with E-state index in [1.165, 1.54) is 25.3 Å². The molecule has 118 valence electrons. The second-order valence-corrected chi connectivity index (χ2v) is 5.45. The third kappa shape index (κ3) is 2.21. The number of alkyl halides is 1. The molecule has 1 aromatic carbocycles. The maximum absolute atomic E-state index is 15.6. The van der Waals surface area contributed by atoms with Crippen LogP contribution in [0.1, 0.15) is 12.5 Å². The summed E-state index contributed by atoms with van der Waals surface area (Å²) in [6.45, 7) is 1.33. The van der Waals surface area contributed by atoms with Gasteiger partial charge in [0.15, 0.2) is 5.67 Å². The van der Waals surface area contributed by atoms with E-state index in [-0.39, 0.29) is 16.7 Å². The molecule has 6 nitrogen and oxygen atoms in total. The molecule has 2 atom stereocenters. The molecule has 0 radical (unpaired) electrons. The van der Waals surface area contributed by atoms with Crippen LogP contribution in [0, 0.1) is 5.92 Å². The van der Waals surface area contributed by atoms with E-state index >= 15 is 4.39 Å². The van der Waals surface area contributed by atoms with Gasteiger partial charge in [-0.2, -0.15) is 5.10 Å². The number of carbonyl (C=O) groups is 2. The first-order chi connectivity index (χ1) is 10.8. The molecular weight excluding hydrogens is 303 g/mol. The number of aromatic amines is 1. The lowest BCUT2D eigenvalue weighted by Crippen LogP contribution is -2.38. The number of fused-ring (bicyclic) bond motifs is 1. The minimum atomic E-state index is -2.33. The average molecular weight is 316 g/mol. The number of nitrogens with zero attached hydrogens (tertiary/aromatic N) is 1. The number of carboxylic acid groups (broad SMARTS) is 2. The minimum absolute atomic E-state index is 0.0257. The fourth-order valence-corrected chi connectivity index (χ4v) is 2.95. The van der Waals surface area contributed by atoms with Crippen LogP contribution in [0.4, 0.5) is 4.39 Å². The van der Waals surface area contributed by atoms with Crippen molar-refractivity contribution in [3.8, 4) is 0 Å². The summed E-state index contributed by atoms with van der Waals surface area (Å²) in [7, 11) is 0. The van der Waals surface area contributed by atoms with E-state index < -0.39 is 23.5 Å². The summed E-state index contributed by atoms with van der Waals surface area (Å²) in [5.41, 5.74) is -1.72. The predicted molar refractivity (Wildman–Crippen MR) is 79.5 cm³/mol. The van der Waals surface area contributed by atoms with Gasteiger partial charge in [-0.05, 0) is 42.3 Å². The molecule has 1 aliphatic rings. The Morgan fingerprint density at radius 3 is 2.74 bits per heavy atom. The Balaban J connectivity index is 2.18. The zero-order valence-corrected chi connectivity index (χ0v) is 12.1. The number of aromatic nitrogens is 2. The first-order valence-electron chi connectivity index (χ1n) is 6.83. The van der Waals surface area contributed by atoms with Crippen molar-refractivity contribution in [2.75, 3.05) is 0 Å². The van der Waals surface area contributed by atoms with Gasteiger partial charge in [-0.1, -0.05) is 6.07 Å². The van der Waals surface area contributed by atoms with Crippen LogP contribution in [0.15, 0.2) is 47.7 Å². The Morgan fingerprint density at radius 2 is 2.09 bits per heavy atom. The van der Waals surface area contributed by atoms with E-state index in [4.69, 9.17) is 5.11 Å². The maximum atomic E-state index is 15.6. The van der Waals surface area contributed by atoms with Crippen LogP contribution in [-0.4, -0.2) is 32.3 Å². The van der Waals surface area contributed by atoms with Crippen LogP contribution in [0.25, 0.3) is 10.9 Å². The molecule has 3 N–H and O–H groups in total. The number of rotatable bonds is 3. The molecule has 0 saturated carbocycles. The molecule has 7 heteroatoms. The topological polar surface area (TPSA) is 103 Å². The lowest BCUT2D eigenvalue weighted by Gasteiger charge is -2.33. The van der Waals surface area contributed by atoms with E-state index in [0.29, 0.717) is 10.9 Å². The molecular formula is C16H13FN2O4. The predicted octanol–water partition coefficient (Wildman–Crippen LogP) is 2.40. The van der Waals surface area contributed by atoms with E-state index in [0.717, 1.165) is 12.2 Å². The van der Waals surface area contributed by atoms with Gasteiger partial charge in [0.2, 0.25) is 0 Å². The SMILES string of the molecule is CC1=C(C(=O)O)C=CC(F)(c2ccc3[nH]ncc3c2)C1C(=O)O. The van der Waals surface area contributed by atoms with Gasteiger partial charge in [-0.15, -0.1) is 0 Å². The lowest BCUT2D eigenvalue weighted by molar-refractivity contribution is -0.144. The first-order valence-corrected chi connectivity index (χ1v) is 6.83. The number of nitrogens with one attached hydrogen (secondary N) is 1. The Kier molecular flexibility index (Phi) is 3.28. The Hall–Kier alpha value is -2.96. The molecule has 1 aliphatic carbocycles. The molecule has 0 saturated heterocycles. The molecule has 1 heterocycles. The molecule has 0 amide bonds. The van der Waals surface area contributed by atoms with Crippen molar-refractivity contribution in [1.29, 1.82) is 0 Å². The van der Waals surface area contributed by atoms with Crippen LogP contribution in [0.5, 0.6) is 0 Å². The van der Waals surface area contributed by atoms with Crippen LogP contribution < -0.4 is 0 Å². The lowest BCUT2D eigenvalue weighted by atomic mass is 9.74. The highest BCUT2D eigenvalue weighted by molar-refractivity contribution is 5.94. The van der Waals surface area contributed by atoms with Gasteiger partial charge >= 0.3 is 11.9 Å². The number of hydrogen-bond donors (Lipinski definition) is 3. The Bertz CT molecular complexity index is 883. The van der Waals surface area contributed by atoms with E-state index in [1.54, 1.807) is 6.07 Å². The molecule has 0 fully saturated rings. The maximum Gasteiger partial charge on any atom is 0.335 e. The zero-order chi connectivity index (χ0) is 16.8. The normalized spacial score (nSPS) is 24.2. The summed E-state index contributed by atoms with van der Waals surface area (Å²) in [5.74, 6) is -4.30. The number of hydrogen-bond acceptors (Lipinski definition) is 3. The monoisotopic (exact) mass is 316 g/mol. The molecule has 0 spiro atoms.